The highest BCUT2D eigenvalue weighted by atomic mass is 35.5. The zero-order chi connectivity index (χ0) is 21.5. The summed E-state index contributed by atoms with van der Waals surface area (Å²) in [6.07, 6.45) is 2.72. The lowest BCUT2D eigenvalue weighted by molar-refractivity contribution is -0.112. The molecule has 5 heteroatoms. The minimum Gasteiger partial charge on any atom is -0.321 e. The van der Waals surface area contributed by atoms with Gasteiger partial charge in [0.25, 0.3) is 5.91 Å². The highest BCUT2D eigenvalue weighted by Gasteiger charge is 2.13. The molecule has 3 aromatic carbocycles. The molecule has 150 valence electrons. The summed E-state index contributed by atoms with van der Waals surface area (Å²) in [4.78, 5) is 12.7. The van der Waals surface area contributed by atoms with Crippen LogP contribution in [0.2, 0.25) is 5.02 Å². The van der Waals surface area contributed by atoms with E-state index in [0.29, 0.717) is 22.7 Å². The maximum atomic E-state index is 13.5. The third kappa shape index (κ3) is 5.34. The van der Waals surface area contributed by atoms with Crippen LogP contribution in [0.3, 0.4) is 0 Å². The molecule has 0 heterocycles. The number of nitrogens with one attached hydrogen (secondary N) is 1. The quantitative estimate of drug-likeness (QED) is 0.384. The van der Waals surface area contributed by atoms with Gasteiger partial charge in [-0.3, -0.25) is 4.79 Å². The fourth-order valence-corrected chi connectivity index (χ4v) is 3.35. The van der Waals surface area contributed by atoms with Crippen LogP contribution in [0.25, 0.3) is 6.08 Å². The SMILES string of the molecule is CCc1ccccc1NC(=O)/C(C#N)=C/c1cc(Cl)ccc1Cc1cccc(F)c1. The number of amides is 1. The van der Waals surface area contributed by atoms with Crippen LogP contribution in [0.4, 0.5) is 10.1 Å². The molecule has 0 saturated carbocycles. The lowest BCUT2D eigenvalue weighted by Crippen LogP contribution is -2.14. The average molecular weight is 419 g/mol. The van der Waals surface area contributed by atoms with E-state index in [1.807, 2.05) is 43.3 Å². The first-order valence-electron chi connectivity index (χ1n) is 9.54. The summed E-state index contributed by atoms with van der Waals surface area (Å²) >= 11 is 6.15. The van der Waals surface area contributed by atoms with E-state index in [2.05, 4.69) is 5.32 Å². The number of nitrogens with zero attached hydrogens (tertiary/aromatic N) is 1. The Morgan fingerprint density at radius 2 is 1.90 bits per heavy atom. The van der Waals surface area contributed by atoms with Gasteiger partial charge in [-0.05, 0) is 71.5 Å². The second kappa shape index (κ2) is 9.87. The van der Waals surface area contributed by atoms with E-state index in [0.717, 1.165) is 23.1 Å². The standard InChI is InChI=1S/C25H20ClFN2O/c1-2-18-7-3-4-9-24(18)29-25(30)21(16-28)14-20-15-22(26)11-10-19(20)12-17-6-5-8-23(27)13-17/h3-11,13-15H,2,12H2,1H3,(H,29,30)/b21-14+. The van der Waals surface area contributed by atoms with E-state index < -0.39 is 5.91 Å². The molecule has 3 aromatic rings. The fourth-order valence-electron chi connectivity index (χ4n) is 3.17. The molecule has 0 atom stereocenters. The summed E-state index contributed by atoms with van der Waals surface area (Å²) in [5, 5.41) is 12.9. The van der Waals surface area contributed by atoms with E-state index in [1.165, 1.54) is 18.2 Å². The second-order valence-corrected chi connectivity index (χ2v) is 7.22. The molecule has 30 heavy (non-hydrogen) atoms. The van der Waals surface area contributed by atoms with Gasteiger partial charge in [0.05, 0.1) is 0 Å². The molecule has 3 rings (SSSR count). The van der Waals surface area contributed by atoms with Crippen molar-refractivity contribution in [1.82, 2.24) is 0 Å². The van der Waals surface area contributed by atoms with E-state index in [4.69, 9.17) is 11.6 Å². The molecule has 0 aliphatic rings. The van der Waals surface area contributed by atoms with Gasteiger partial charge < -0.3 is 5.32 Å². The van der Waals surface area contributed by atoms with Gasteiger partial charge in [0.15, 0.2) is 0 Å². The number of benzene rings is 3. The Morgan fingerprint density at radius 1 is 1.10 bits per heavy atom. The van der Waals surface area contributed by atoms with Gasteiger partial charge in [0.2, 0.25) is 0 Å². The predicted octanol–water partition coefficient (Wildman–Crippen LogP) is 6.18. The van der Waals surface area contributed by atoms with Gasteiger partial charge >= 0.3 is 0 Å². The molecule has 3 nitrogen and oxygen atoms in total. The van der Waals surface area contributed by atoms with Crippen LogP contribution in [0.15, 0.2) is 72.3 Å². The van der Waals surface area contributed by atoms with Gasteiger partial charge in [0.1, 0.15) is 17.5 Å². The van der Waals surface area contributed by atoms with Crippen molar-refractivity contribution < 1.29 is 9.18 Å². The normalized spacial score (nSPS) is 11.1. The first kappa shape index (κ1) is 21.3. The van der Waals surface area contributed by atoms with Crippen molar-refractivity contribution in [2.45, 2.75) is 19.8 Å². The van der Waals surface area contributed by atoms with Crippen molar-refractivity contribution in [3.05, 3.63) is 105 Å². The number of para-hydroxylation sites is 1. The Bertz CT molecular complexity index is 1150. The Labute approximate surface area is 180 Å². The third-order valence-corrected chi connectivity index (χ3v) is 4.94. The molecule has 0 aliphatic carbocycles. The minimum absolute atomic E-state index is 0.0383. The van der Waals surface area contributed by atoms with Crippen molar-refractivity contribution in [1.29, 1.82) is 5.26 Å². The van der Waals surface area contributed by atoms with Crippen LogP contribution in [0.1, 0.15) is 29.2 Å². The summed E-state index contributed by atoms with van der Waals surface area (Å²) in [7, 11) is 0. The summed E-state index contributed by atoms with van der Waals surface area (Å²) in [6.45, 7) is 2.00. The van der Waals surface area contributed by atoms with Crippen molar-refractivity contribution in [2.24, 2.45) is 0 Å². The average Bonchev–Trinajstić information content (AvgIpc) is 2.74. The van der Waals surface area contributed by atoms with Crippen LogP contribution in [-0.4, -0.2) is 5.91 Å². The van der Waals surface area contributed by atoms with Crippen LogP contribution < -0.4 is 5.32 Å². The van der Waals surface area contributed by atoms with Gasteiger partial charge in [-0.15, -0.1) is 0 Å². The Kier molecular flexibility index (Phi) is 7.00. The number of carbonyl (C=O) groups is 1. The fraction of sp³-hybridized carbons (Fsp3) is 0.120. The van der Waals surface area contributed by atoms with Gasteiger partial charge in [-0.1, -0.05) is 54.9 Å². The third-order valence-electron chi connectivity index (χ3n) is 4.70. The molecule has 0 unspecified atom stereocenters. The minimum atomic E-state index is -0.491. The van der Waals surface area contributed by atoms with E-state index in [9.17, 15) is 14.4 Å². The number of anilines is 1. The number of rotatable bonds is 6. The van der Waals surface area contributed by atoms with E-state index in [-0.39, 0.29) is 11.4 Å². The number of hydrogen-bond donors (Lipinski definition) is 1. The molecule has 0 saturated heterocycles. The van der Waals surface area contributed by atoms with Crippen molar-refractivity contribution >= 4 is 29.3 Å². The van der Waals surface area contributed by atoms with E-state index in [1.54, 1.807) is 24.3 Å². The molecular formula is C25H20ClFN2O. The summed E-state index contributed by atoms with van der Waals surface area (Å²) in [5.74, 6) is -0.805. The highest BCUT2D eigenvalue weighted by molar-refractivity contribution is 6.30. The molecule has 1 N–H and O–H groups in total. The lowest BCUT2D eigenvalue weighted by Gasteiger charge is -2.10. The van der Waals surface area contributed by atoms with Crippen LogP contribution in [0.5, 0.6) is 0 Å². The molecule has 1 amide bonds. The smallest absolute Gasteiger partial charge is 0.266 e. The van der Waals surface area contributed by atoms with Crippen LogP contribution in [0, 0.1) is 17.1 Å². The molecule has 0 fully saturated rings. The summed E-state index contributed by atoms with van der Waals surface area (Å²) in [6, 6.07) is 21.0. The Hall–Kier alpha value is -3.42. The first-order chi connectivity index (χ1) is 14.5. The lowest BCUT2D eigenvalue weighted by atomic mass is 9.98. The summed E-state index contributed by atoms with van der Waals surface area (Å²) in [5.41, 5.74) is 3.88. The van der Waals surface area contributed by atoms with Crippen molar-refractivity contribution in [3.8, 4) is 6.07 Å². The molecule has 0 radical (unpaired) electrons. The number of aryl methyl sites for hydroxylation is 1. The maximum absolute atomic E-state index is 13.5. The van der Waals surface area contributed by atoms with Crippen LogP contribution in [-0.2, 0) is 17.6 Å². The highest BCUT2D eigenvalue weighted by Crippen LogP contribution is 2.23. The molecular weight excluding hydrogens is 399 g/mol. The number of halogens is 2. The maximum Gasteiger partial charge on any atom is 0.266 e. The van der Waals surface area contributed by atoms with Crippen LogP contribution >= 0.6 is 11.6 Å². The van der Waals surface area contributed by atoms with E-state index >= 15 is 0 Å². The Morgan fingerprint density at radius 3 is 2.63 bits per heavy atom. The van der Waals surface area contributed by atoms with Gasteiger partial charge in [-0.2, -0.15) is 5.26 Å². The number of carbonyl (C=O) groups excluding carboxylic acids is 1. The first-order valence-corrected chi connectivity index (χ1v) is 9.92. The largest absolute Gasteiger partial charge is 0.321 e. The predicted molar refractivity (Wildman–Crippen MR) is 119 cm³/mol. The zero-order valence-electron chi connectivity index (χ0n) is 16.5. The van der Waals surface area contributed by atoms with Gasteiger partial charge in [0, 0.05) is 10.7 Å². The zero-order valence-corrected chi connectivity index (χ0v) is 17.2. The molecule has 0 aliphatic heterocycles. The number of nitriles is 1. The summed E-state index contributed by atoms with van der Waals surface area (Å²) < 4.78 is 13.5. The molecule has 0 aromatic heterocycles. The Balaban J connectivity index is 1.92. The number of hydrogen-bond acceptors (Lipinski definition) is 2. The van der Waals surface area contributed by atoms with Gasteiger partial charge in [-0.25, -0.2) is 4.39 Å². The van der Waals surface area contributed by atoms with Crippen molar-refractivity contribution in [2.75, 3.05) is 5.32 Å². The van der Waals surface area contributed by atoms with Crippen molar-refractivity contribution in [3.63, 3.8) is 0 Å². The molecule has 0 bridgehead atoms. The molecule has 0 spiro atoms. The second-order valence-electron chi connectivity index (χ2n) is 6.78. The monoisotopic (exact) mass is 418 g/mol. The topological polar surface area (TPSA) is 52.9 Å².